The number of hydrogen-bond donors (Lipinski definition) is 0. The third kappa shape index (κ3) is 57.1. The summed E-state index contributed by atoms with van der Waals surface area (Å²) >= 11 is 0. The van der Waals surface area contributed by atoms with Gasteiger partial charge in [0.25, 0.3) is 0 Å². The molecule has 0 aromatic carbocycles. The van der Waals surface area contributed by atoms with E-state index in [2.05, 4.69) is 118 Å². The average Bonchev–Trinajstić information content (AvgIpc) is 3.37. The van der Waals surface area contributed by atoms with Gasteiger partial charge in [-0.25, -0.2) is 0 Å². The summed E-state index contributed by atoms with van der Waals surface area (Å²) in [5.74, 6) is -0.909. The lowest BCUT2D eigenvalue weighted by molar-refractivity contribution is -0.167. The SMILES string of the molecule is CC/C=C\C/C=C\C/C=C\C/C=C\C/C=C\C/C=C\CCCCCCCCC(=O)OCC(COC(=O)CCCCCCC/C=C\C/C=C\CCC)OC(=O)CCCCCCCCCCCCCCCCC. The van der Waals surface area contributed by atoms with Gasteiger partial charge in [-0.15, -0.1) is 0 Å². The molecule has 0 aliphatic carbocycles. The Balaban J connectivity index is 4.36. The van der Waals surface area contributed by atoms with Gasteiger partial charge >= 0.3 is 17.9 Å². The zero-order valence-electron chi connectivity index (χ0n) is 46.5. The van der Waals surface area contributed by atoms with Gasteiger partial charge in [0.15, 0.2) is 6.10 Å². The minimum atomic E-state index is -0.789. The normalized spacial score (nSPS) is 12.8. The number of rotatable bonds is 53. The van der Waals surface area contributed by atoms with Crippen LogP contribution in [0, 0.1) is 0 Å². The number of allylic oxidation sites excluding steroid dienone is 16. The molecule has 0 aromatic heterocycles. The minimum absolute atomic E-state index is 0.0880. The Hall–Kier alpha value is -3.67. The van der Waals surface area contributed by atoms with Crippen molar-refractivity contribution < 1.29 is 28.6 Å². The van der Waals surface area contributed by atoms with Gasteiger partial charge in [-0.05, 0) is 96.3 Å². The first-order valence-corrected chi connectivity index (χ1v) is 29.7. The summed E-state index contributed by atoms with van der Waals surface area (Å²) in [5, 5.41) is 0. The molecule has 6 nitrogen and oxygen atoms in total. The maximum Gasteiger partial charge on any atom is 0.306 e. The van der Waals surface area contributed by atoms with E-state index in [1.54, 1.807) is 0 Å². The van der Waals surface area contributed by atoms with Gasteiger partial charge < -0.3 is 14.2 Å². The standard InChI is InChI=1S/C65H110O6/c1-4-7-10-13-16-19-22-25-27-28-29-30-31-32-33-34-35-36-38-40-43-46-49-52-55-58-64(67)70-61-62(60-69-63(66)57-54-51-48-45-42-39-24-21-18-15-12-9-6-3)71-65(68)59-56-53-50-47-44-41-37-26-23-20-17-14-11-8-5-2/h7,10,12,15-16,19,21,24-25,27,29-30,32-33,35-36,62H,4-6,8-9,11,13-14,17-18,20,22-23,26,28,31,34,37-61H2,1-3H3/b10-7-,15-12-,19-16-,24-21-,27-25-,30-29-,33-32-,36-35-. The van der Waals surface area contributed by atoms with E-state index in [1.165, 1.54) is 96.3 Å². The van der Waals surface area contributed by atoms with Crippen LogP contribution in [0.4, 0.5) is 0 Å². The highest BCUT2D eigenvalue weighted by Crippen LogP contribution is 2.16. The lowest BCUT2D eigenvalue weighted by atomic mass is 10.0. The average molecular weight is 988 g/mol. The molecule has 1 unspecified atom stereocenters. The van der Waals surface area contributed by atoms with Crippen molar-refractivity contribution in [3.05, 3.63) is 97.2 Å². The van der Waals surface area contributed by atoms with E-state index in [0.717, 1.165) is 141 Å². The minimum Gasteiger partial charge on any atom is -0.462 e. The fourth-order valence-electron chi connectivity index (χ4n) is 8.13. The molecule has 0 heterocycles. The maximum atomic E-state index is 12.9. The van der Waals surface area contributed by atoms with Gasteiger partial charge in [-0.2, -0.15) is 0 Å². The summed E-state index contributed by atoms with van der Waals surface area (Å²) in [6, 6.07) is 0. The van der Waals surface area contributed by atoms with E-state index in [4.69, 9.17) is 14.2 Å². The first-order valence-electron chi connectivity index (χ1n) is 29.7. The first-order chi connectivity index (χ1) is 35.0. The van der Waals surface area contributed by atoms with E-state index in [9.17, 15) is 14.4 Å². The van der Waals surface area contributed by atoms with Crippen molar-refractivity contribution in [1.82, 2.24) is 0 Å². The second-order valence-corrected chi connectivity index (χ2v) is 19.5. The first kappa shape index (κ1) is 67.3. The van der Waals surface area contributed by atoms with Crippen LogP contribution in [0.1, 0.15) is 278 Å². The second-order valence-electron chi connectivity index (χ2n) is 19.5. The largest absolute Gasteiger partial charge is 0.462 e. The zero-order valence-corrected chi connectivity index (χ0v) is 46.5. The number of carbonyl (C=O) groups excluding carboxylic acids is 3. The molecule has 0 aliphatic rings. The molecule has 0 spiro atoms. The molecule has 0 aliphatic heterocycles. The van der Waals surface area contributed by atoms with Crippen molar-refractivity contribution in [2.45, 2.75) is 284 Å². The molecular weight excluding hydrogens is 877 g/mol. The summed E-state index contributed by atoms with van der Waals surface area (Å²) in [6.07, 6.45) is 78.3. The quantitative estimate of drug-likeness (QED) is 0.0261. The summed E-state index contributed by atoms with van der Waals surface area (Å²) < 4.78 is 16.9. The highest BCUT2D eigenvalue weighted by molar-refractivity contribution is 5.71. The number of hydrogen-bond acceptors (Lipinski definition) is 6. The van der Waals surface area contributed by atoms with Gasteiger partial charge in [-0.3, -0.25) is 14.4 Å². The monoisotopic (exact) mass is 987 g/mol. The van der Waals surface area contributed by atoms with Gasteiger partial charge in [0.05, 0.1) is 0 Å². The lowest BCUT2D eigenvalue weighted by Gasteiger charge is -2.18. The van der Waals surface area contributed by atoms with E-state index in [0.29, 0.717) is 19.3 Å². The van der Waals surface area contributed by atoms with Crippen molar-refractivity contribution in [2.24, 2.45) is 0 Å². The lowest BCUT2D eigenvalue weighted by Crippen LogP contribution is -2.30. The Bertz CT molecular complexity index is 1410. The predicted molar refractivity (Wildman–Crippen MR) is 307 cm³/mol. The molecular formula is C65H110O6. The van der Waals surface area contributed by atoms with Crippen molar-refractivity contribution >= 4 is 17.9 Å². The van der Waals surface area contributed by atoms with Crippen molar-refractivity contribution in [2.75, 3.05) is 13.2 Å². The third-order valence-electron chi connectivity index (χ3n) is 12.6. The second kappa shape index (κ2) is 58.9. The Morgan fingerprint density at radius 1 is 0.296 bits per heavy atom. The van der Waals surface area contributed by atoms with E-state index < -0.39 is 6.10 Å². The van der Waals surface area contributed by atoms with Crippen LogP contribution in [0.3, 0.4) is 0 Å². The van der Waals surface area contributed by atoms with Gasteiger partial charge in [0, 0.05) is 19.3 Å². The molecule has 0 amide bonds. The number of carbonyl (C=O) groups is 3. The van der Waals surface area contributed by atoms with E-state index in [1.807, 2.05) is 0 Å². The van der Waals surface area contributed by atoms with Gasteiger partial charge in [0.2, 0.25) is 0 Å². The smallest absolute Gasteiger partial charge is 0.306 e. The summed E-state index contributed by atoms with van der Waals surface area (Å²) in [7, 11) is 0. The molecule has 0 bridgehead atoms. The fourth-order valence-corrected chi connectivity index (χ4v) is 8.13. The molecule has 1 atom stereocenters. The summed E-state index contributed by atoms with van der Waals surface area (Å²) in [5.41, 5.74) is 0. The molecule has 0 saturated heterocycles. The molecule has 0 radical (unpaired) electrons. The maximum absolute atomic E-state index is 12.9. The van der Waals surface area contributed by atoms with Crippen LogP contribution in [0.5, 0.6) is 0 Å². The predicted octanol–water partition coefficient (Wildman–Crippen LogP) is 20.1. The zero-order chi connectivity index (χ0) is 51.4. The van der Waals surface area contributed by atoms with Crippen LogP contribution in [0.25, 0.3) is 0 Å². The van der Waals surface area contributed by atoms with Crippen LogP contribution < -0.4 is 0 Å². The number of esters is 3. The number of ether oxygens (including phenoxy) is 3. The highest BCUT2D eigenvalue weighted by atomic mass is 16.6. The van der Waals surface area contributed by atoms with Gasteiger partial charge in [-0.1, -0.05) is 259 Å². The Kier molecular flexibility index (Phi) is 55.9. The van der Waals surface area contributed by atoms with Crippen LogP contribution in [-0.4, -0.2) is 37.2 Å². The molecule has 0 rings (SSSR count). The van der Waals surface area contributed by atoms with Crippen LogP contribution in [0.15, 0.2) is 97.2 Å². The molecule has 0 fully saturated rings. The summed E-state index contributed by atoms with van der Waals surface area (Å²) in [4.78, 5) is 38.2. The van der Waals surface area contributed by atoms with Crippen molar-refractivity contribution in [3.63, 3.8) is 0 Å². The van der Waals surface area contributed by atoms with Crippen molar-refractivity contribution in [1.29, 1.82) is 0 Å². The molecule has 406 valence electrons. The Morgan fingerprint density at radius 3 is 0.915 bits per heavy atom. The topological polar surface area (TPSA) is 78.9 Å². The molecule has 71 heavy (non-hydrogen) atoms. The van der Waals surface area contributed by atoms with E-state index in [-0.39, 0.29) is 31.1 Å². The summed E-state index contributed by atoms with van der Waals surface area (Å²) in [6.45, 7) is 6.45. The molecule has 6 heteroatoms. The number of unbranched alkanes of at least 4 members (excludes halogenated alkanes) is 26. The van der Waals surface area contributed by atoms with Crippen molar-refractivity contribution in [3.8, 4) is 0 Å². The van der Waals surface area contributed by atoms with Crippen LogP contribution >= 0.6 is 0 Å². The van der Waals surface area contributed by atoms with Gasteiger partial charge in [0.1, 0.15) is 13.2 Å². The van der Waals surface area contributed by atoms with Crippen LogP contribution in [-0.2, 0) is 28.6 Å². The fraction of sp³-hybridized carbons (Fsp3) is 0.708. The Morgan fingerprint density at radius 2 is 0.577 bits per heavy atom. The third-order valence-corrected chi connectivity index (χ3v) is 12.6. The van der Waals surface area contributed by atoms with Crippen LogP contribution in [0.2, 0.25) is 0 Å². The molecule has 0 N–H and O–H groups in total. The molecule has 0 saturated carbocycles. The highest BCUT2D eigenvalue weighted by Gasteiger charge is 2.19. The molecule has 0 aromatic rings. The Labute approximate surface area is 438 Å². The van der Waals surface area contributed by atoms with E-state index >= 15 is 0 Å².